The number of aryl methyl sites for hydroxylation is 2. The summed E-state index contributed by atoms with van der Waals surface area (Å²) in [6, 6.07) is 13.0. The fraction of sp³-hybridized carbons (Fsp3) is 0.316. The van der Waals surface area contributed by atoms with Gasteiger partial charge in [0.25, 0.3) is 5.91 Å². The van der Waals surface area contributed by atoms with Crippen LogP contribution in [-0.2, 0) is 0 Å². The van der Waals surface area contributed by atoms with Crippen LogP contribution in [0.3, 0.4) is 0 Å². The fourth-order valence-corrected chi connectivity index (χ4v) is 2.12. The third kappa shape index (κ3) is 4.74. The van der Waals surface area contributed by atoms with Gasteiger partial charge in [0.15, 0.2) is 0 Å². The van der Waals surface area contributed by atoms with Gasteiger partial charge in [-0.25, -0.2) is 0 Å². The molecule has 1 unspecified atom stereocenters. The first-order valence-electron chi connectivity index (χ1n) is 7.64. The number of methoxy groups -OCH3 is 1. The molecule has 0 spiro atoms. The molecule has 0 radical (unpaired) electrons. The van der Waals surface area contributed by atoms with Crippen LogP contribution in [0.25, 0.3) is 0 Å². The Morgan fingerprint density at radius 3 is 2.30 bits per heavy atom. The molecule has 0 heterocycles. The third-order valence-corrected chi connectivity index (χ3v) is 3.71. The molecule has 2 aromatic carbocycles. The van der Waals surface area contributed by atoms with Crippen molar-refractivity contribution in [3.63, 3.8) is 0 Å². The zero-order valence-electron chi connectivity index (χ0n) is 14.1. The molecule has 0 bridgehead atoms. The first kappa shape index (κ1) is 16.9. The molecule has 0 aromatic heterocycles. The molecule has 4 heteroatoms. The van der Waals surface area contributed by atoms with Crippen LogP contribution < -0.4 is 14.8 Å². The van der Waals surface area contributed by atoms with E-state index in [0.717, 1.165) is 17.1 Å². The predicted molar refractivity (Wildman–Crippen MR) is 91.3 cm³/mol. The van der Waals surface area contributed by atoms with Crippen LogP contribution in [0, 0.1) is 13.8 Å². The summed E-state index contributed by atoms with van der Waals surface area (Å²) < 4.78 is 10.8. The first-order chi connectivity index (χ1) is 11.0. The van der Waals surface area contributed by atoms with Crippen molar-refractivity contribution in [2.24, 2.45) is 0 Å². The lowest BCUT2D eigenvalue weighted by Gasteiger charge is -2.15. The summed E-state index contributed by atoms with van der Waals surface area (Å²) in [6.07, 6.45) is 0. The second-order valence-corrected chi connectivity index (χ2v) is 5.66. The molecule has 0 aliphatic heterocycles. The second kappa shape index (κ2) is 7.68. The fourth-order valence-electron chi connectivity index (χ4n) is 2.12. The highest BCUT2D eigenvalue weighted by Gasteiger charge is 2.11. The van der Waals surface area contributed by atoms with E-state index in [-0.39, 0.29) is 11.9 Å². The Bertz CT molecular complexity index is 665. The number of carbonyl (C=O) groups is 1. The van der Waals surface area contributed by atoms with E-state index in [1.165, 1.54) is 5.56 Å². The Balaban J connectivity index is 1.86. The maximum absolute atomic E-state index is 12.2. The Kier molecular flexibility index (Phi) is 5.63. The molecule has 4 nitrogen and oxygen atoms in total. The smallest absolute Gasteiger partial charge is 0.251 e. The van der Waals surface area contributed by atoms with E-state index in [0.29, 0.717) is 12.2 Å². The lowest BCUT2D eigenvalue weighted by molar-refractivity contribution is 0.0926. The number of benzene rings is 2. The molecule has 0 aliphatic rings. The largest absolute Gasteiger partial charge is 0.497 e. The molecule has 2 aromatic rings. The summed E-state index contributed by atoms with van der Waals surface area (Å²) in [7, 11) is 1.63. The van der Waals surface area contributed by atoms with Crippen molar-refractivity contribution in [1.82, 2.24) is 5.32 Å². The second-order valence-electron chi connectivity index (χ2n) is 5.66. The number of rotatable bonds is 6. The van der Waals surface area contributed by atoms with E-state index in [9.17, 15) is 4.79 Å². The number of ether oxygens (including phenoxy) is 2. The minimum atomic E-state index is -0.0915. The van der Waals surface area contributed by atoms with Gasteiger partial charge in [0, 0.05) is 5.56 Å². The van der Waals surface area contributed by atoms with Crippen LogP contribution in [0.2, 0.25) is 0 Å². The van der Waals surface area contributed by atoms with E-state index in [1.54, 1.807) is 7.11 Å². The lowest BCUT2D eigenvalue weighted by atomic mass is 10.1. The maximum atomic E-state index is 12.2. The minimum Gasteiger partial charge on any atom is -0.497 e. The molecular formula is C19H23NO3. The lowest BCUT2D eigenvalue weighted by Crippen LogP contribution is -2.36. The molecule has 2 rings (SSSR count). The van der Waals surface area contributed by atoms with Crippen molar-refractivity contribution >= 4 is 5.91 Å². The summed E-state index contributed by atoms with van der Waals surface area (Å²) in [4.78, 5) is 12.2. The van der Waals surface area contributed by atoms with Gasteiger partial charge in [-0.15, -0.1) is 0 Å². The third-order valence-electron chi connectivity index (χ3n) is 3.71. The van der Waals surface area contributed by atoms with Crippen LogP contribution in [0.1, 0.15) is 28.4 Å². The van der Waals surface area contributed by atoms with Crippen molar-refractivity contribution in [3.05, 3.63) is 59.2 Å². The zero-order chi connectivity index (χ0) is 16.8. The van der Waals surface area contributed by atoms with Gasteiger partial charge >= 0.3 is 0 Å². The van der Waals surface area contributed by atoms with Gasteiger partial charge in [0.05, 0.1) is 13.2 Å². The van der Waals surface area contributed by atoms with E-state index >= 15 is 0 Å². The van der Waals surface area contributed by atoms with Gasteiger partial charge in [0.1, 0.15) is 18.1 Å². The number of carbonyl (C=O) groups excluding carboxylic acids is 1. The van der Waals surface area contributed by atoms with Crippen molar-refractivity contribution in [2.75, 3.05) is 13.7 Å². The highest BCUT2D eigenvalue weighted by atomic mass is 16.5. The Morgan fingerprint density at radius 1 is 1.04 bits per heavy atom. The van der Waals surface area contributed by atoms with E-state index in [1.807, 2.05) is 63.2 Å². The van der Waals surface area contributed by atoms with Gasteiger partial charge < -0.3 is 14.8 Å². The van der Waals surface area contributed by atoms with Crippen LogP contribution in [-0.4, -0.2) is 25.7 Å². The Morgan fingerprint density at radius 2 is 1.70 bits per heavy atom. The molecule has 0 fully saturated rings. The molecule has 1 N–H and O–H groups in total. The van der Waals surface area contributed by atoms with Crippen molar-refractivity contribution in [3.8, 4) is 11.5 Å². The summed E-state index contributed by atoms with van der Waals surface area (Å²) in [6.45, 7) is 6.36. The summed E-state index contributed by atoms with van der Waals surface area (Å²) >= 11 is 0. The maximum Gasteiger partial charge on any atom is 0.251 e. The molecule has 23 heavy (non-hydrogen) atoms. The standard InChI is InChI=1S/C19H23NO3/c1-13-5-6-16(11-14(13)2)19(21)20-15(3)12-23-18-9-7-17(22-4)8-10-18/h5-11,15H,12H2,1-4H3,(H,20,21). The van der Waals surface area contributed by atoms with Gasteiger partial charge in [0.2, 0.25) is 0 Å². The highest BCUT2D eigenvalue weighted by Crippen LogP contribution is 2.17. The van der Waals surface area contributed by atoms with Crippen LogP contribution in [0.4, 0.5) is 0 Å². The van der Waals surface area contributed by atoms with E-state index in [4.69, 9.17) is 9.47 Å². The van der Waals surface area contributed by atoms with Crippen molar-refractivity contribution in [1.29, 1.82) is 0 Å². The highest BCUT2D eigenvalue weighted by molar-refractivity contribution is 5.94. The first-order valence-corrected chi connectivity index (χ1v) is 7.64. The summed E-state index contributed by atoms with van der Waals surface area (Å²) in [5.41, 5.74) is 2.96. The average molecular weight is 313 g/mol. The molecule has 0 saturated carbocycles. The molecule has 122 valence electrons. The summed E-state index contributed by atoms with van der Waals surface area (Å²) in [5, 5.41) is 2.95. The van der Waals surface area contributed by atoms with Crippen LogP contribution in [0.15, 0.2) is 42.5 Å². The van der Waals surface area contributed by atoms with Crippen molar-refractivity contribution in [2.45, 2.75) is 26.8 Å². The van der Waals surface area contributed by atoms with Gasteiger partial charge in [-0.3, -0.25) is 4.79 Å². The van der Waals surface area contributed by atoms with Crippen LogP contribution >= 0.6 is 0 Å². The summed E-state index contributed by atoms with van der Waals surface area (Å²) in [5.74, 6) is 1.45. The number of hydrogen-bond acceptors (Lipinski definition) is 3. The molecule has 0 saturated heterocycles. The SMILES string of the molecule is COc1ccc(OCC(C)NC(=O)c2ccc(C)c(C)c2)cc1. The molecule has 1 amide bonds. The van der Waals surface area contributed by atoms with Gasteiger partial charge in [-0.2, -0.15) is 0 Å². The molecule has 1 atom stereocenters. The monoisotopic (exact) mass is 313 g/mol. The van der Waals surface area contributed by atoms with E-state index < -0.39 is 0 Å². The minimum absolute atomic E-state index is 0.0843. The normalized spacial score (nSPS) is 11.7. The van der Waals surface area contributed by atoms with E-state index in [2.05, 4.69) is 5.32 Å². The Hall–Kier alpha value is -2.49. The zero-order valence-corrected chi connectivity index (χ0v) is 14.1. The topological polar surface area (TPSA) is 47.6 Å². The number of amides is 1. The van der Waals surface area contributed by atoms with Crippen molar-refractivity contribution < 1.29 is 14.3 Å². The van der Waals surface area contributed by atoms with Gasteiger partial charge in [-0.05, 0) is 68.3 Å². The Labute approximate surface area is 137 Å². The molecule has 0 aliphatic carbocycles. The number of nitrogens with one attached hydrogen (secondary N) is 1. The average Bonchev–Trinajstić information content (AvgIpc) is 2.55. The van der Waals surface area contributed by atoms with Crippen LogP contribution in [0.5, 0.6) is 11.5 Å². The van der Waals surface area contributed by atoms with Gasteiger partial charge in [-0.1, -0.05) is 6.07 Å². The quantitative estimate of drug-likeness (QED) is 0.888. The molecular weight excluding hydrogens is 290 g/mol. The number of hydrogen-bond donors (Lipinski definition) is 1. The predicted octanol–water partition coefficient (Wildman–Crippen LogP) is 3.51.